The molecule has 4 heteroatoms. The Balaban J connectivity index is 1.94. The molecule has 0 bridgehead atoms. The van der Waals surface area contributed by atoms with Crippen LogP contribution in [0.15, 0.2) is 46.9 Å². The summed E-state index contributed by atoms with van der Waals surface area (Å²) in [6.07, 6.45) is 3.94. The topological polar surface area (TPSA) is 51.5 Å². The molecule has 0 saturated heterocycles. The number of rotatable bonds is 5. The largest absolute Gasteiger partial charge is 0.497 e. The first-order valence-electron chi connectivity index (χ1n) is 6.43. The van der Waals surface area contributed by atoms with Crippen molar-refractivity contribution < 1.29 is 13.9 Å². The predicted octanol–water partition coefficient (Wildman–Crippen LogP) is 3.50. The fourth-order valence-corrected chi connectivity index (χ4v) is 1.69. The van der Waals surface area contributed by atoms with E-state index in [1.165, 1.54) is 6.08 Å². The number of amides is 1. The van der Waals surface area contributed by atoms with Crippen molar-refractivity contribution in [2.75, 3.05) is 12.4 Å². The van der Waals surface area contributed by atoms with Gasteiger partial charge >= 0.3 is 0 Å². The van der Waals surface area contributed by atoms with Gasteiger partial charge in [-0.05, 0) is 42.5 Å². The van der Waals surface area contributed by atoms with Gasteiger partial charge in [0.1, 0.15) is 17.3 Å². The van der Waals surface area contributed by atoms with Gasteiger partial charge in [0.25, 0.3) is 0 Å². The van der Waals surface area contributed by atoms with Gasteiger partial charge in [0, 0.05) is 18.2 Å². The minimum atomic E-state index is -0.204. The molecule has 104 valence electrons. The summed E-state index contributed by atoms with van der Waals surface area (Å²) in [5, 5.41) is 2.76. The summed E-state index contributed by atoms with van der Waals surface area (Å²) >= 11 is 0. The van der Waals surface area contributed by atoms with Crippen LogP contribution in [0.25, 0.3) is 6.08 Å². The van der Waals surface area contributed by atoms with Gasteiger partial charge in [-0.3, -0.25) is 4.79 Å². The van der Waals surface area contributed by atoms with E-state index in [2.05, 4.69) is 5.32 Å². The number of hydrogen-bond donors (Lipinski definition) is 1. The minimum absolute atomic E-state index is 0.204. The third-order valence-corrected chi connectivity index (χ3v) is 2.79. The zero-order valence-electron chi connectivity index (χ0n) is 11.6. The molecule has 0 aliphatic carbocycles. The van der Waals surface area contributed by atoms with Gasteiger partial charge in [-0.1, -0.05) is 6.92 Å². The van der Waals surface area contributed by atoms with Crippen molar-refractivity contribution in [3.8, 4) is 5.75 Å². The number of carbonyl (C=O) groups is 1. The van der Waals surface area contributed by atoms with Crippen molar-refractivity contribution in [3.05, 3.63) is 54.0 Å². The van der Waals surface area contributed by atoms with Crippen LogP contribution in [-0.2, 0) is 11.2 Å². The molecule has 2 aromatic rings. The highest BCUT2D eigenvalue weighted by atomic mass is 16.5. The smallest absolute Gasteiger partial charge is 0.248 e. The molecule has 1 aromatic heterocycles. The molecular weight excluding hydrogens is 254 g/mol. The summed E-state index contributed by atoms with van der Waals surface area (Å²) in [4.78, 5) is 11.7. The van der Waals surface area contributed by atoms with Crippen molar-refractivity contribution in [2.24, 2.45) is 0 Å². The average molecular weight is 271 g/mol. The Labute approximate surface area is 118 Å². The third-order valence-electron chi connectivity index (χ3n) is 2.79. The molecule has 2 rings (SSSR count). The van der Waals surface area contributed by atoms with Crippen LogP contribution in [0.1, 0.15) is 18.4 Å². The highest BCUT2D eigenvalue weighted by molar-refractivity contribution is 6.01. The Bertz CT molecular complexity index is 596. The van der Waals surface area contributed by atoms with Crippen molar-refractivity contribution in [1.29, 1.82) is 0 Å². The first kappa shape index (κ1) is 13.9. The van der Waals surface area contributed by atoms with Crippen LogP contribution in [0.4, 0.5) is 5.69 Å². The zero-order valence-corrected chi connectivity index (χ0v) is 11.6. The van der Waals surface area contributed by atoms with E-state index >= 15 is 0 Å². The van der Waals surface area contributed by atoms with Gasteiger partial charge in [0.05, 0.1) is 7.11 Å². The molecule has 0 aliphatic rings. The van der Waals surface area contributed by atoms with E-state index in [-0.39, 0.29) is 5.91 Å². The van der Waals surface area contributed by atoms with Crippen molar-refractivity contribution in [1.82, 2.24) is 0 Å². The summed E-state index contributed by atoms with van der Waals surface area (Å²) in [6, 6.07) is 10.9. The number of nitrogens with one attached hydrogen (secondary N) is 1. The second-order valence-corrected chi connectivity index (χ2v) is 4.21. The van der Waals surface area contributed by atoms with E-state index in [0.717, 1.165) is 17.9 Å². The van der Waals surface area contributed by atoms with Gasteiger partial charge in [0.2, 0.25) is 5.91 Å². The lowest BCUT2D eigenvalue weighted by molar-refractivity contribution is -0.111. The molecule has 0 spiro atoms. The maximum Gasteiger partial charge on any atom is 0.248 e. The molecule has 4 nitrogen and oxygen atoms in total. The number of benzene rings is 1. The molecule has 0 aliphatic heterocycles. The Morgan fingerprint density at radius 2 is 2.00 bits per heavy atom. The first-order chi connectivity index (χ1) is 9.71. The summed E-state index contributed by atoms with van der Waals surface area (Å²) in [6.45, 7) is 2.02. The Morgan fingerprint density at radius 1 is 1.25 bits per heavy atom. The van der Waals surface area contributed by atoms with Gasteiger partial charge < -0.3 is 14.5 Å². The Hall–Kier alpha value is -2.49. The van der Waals surface area contributed by atoms with Crippen molar-refractivity contribution in [2.45, 2.75) is 13.3 Å². The fourth-order valence-electron chi connectivity index (χ4n) is 1.69. The normalized spacial score (nSPS) is 10.7. The second kappa shape index (κ2) is 6.61. The van der Waals surface area contributed by atoms with Gasteiger partial charge in [-0.2, -0.15) is 0 Å². The molecule has 0 atom stereocenters. The predicted molar refractivity (Wildman–Crippen MR) is 78.7 cm³/mol. The lowest BCUT2D eigenvalue weighted by Gasteiger charge is -2.03. The number of anilines is 1. The zero-order chi connectivity index (χ0) is 14.4. The van der Waals surface area contributed by atoms with E-state index in [9.17, 15) is 4.79 Å². The lowest BCUT2D eigenvalue weighted by Crippen LogP contribution is -2.07. The fraction of sp³-hybridized carbons (Fsp3) is 0.188. The number of carbonyl (C=O) groups excluding carboxylic acids is 1. The average Bonchev–Trinajstić information content (AvgIpc) is 2.94. The molecule has 20 heavy (non-hydrogen) atoms. The van der Waals surface area contributed by atoms with Crippen LogP contribution < -0.4 is 10.1 Å². The van der Waals surface area contributed by atoms with Gasteiger partial charge in [0.15, 0.2) is 0 Å². The Morgan fingerprint density at radius 3 is 2.60 bits per heavy atom. The van der Waals surface area contributed by atoms with Crippen LogP contribution in [0.5, 0.6) is 5.75 Å². The molecule has 0 unspecified atom stereocenters. The van der Waals surface area contributed by atoms with Crippen LogP contribution >= 0.6 is 0 Å². The number of furan rings is 1. The van der Waals surface area contributed by atoms with E-state index in [1.54, 1.807) is 37.5 Å². The van der Waals surface area contributed by atoms with Crippen LogP contribution in [0.2, 0.25) is 0 Å². The summed E-state index contributed by atoms with van der Waals surface area (Å²) in [5.74, 6) is 2.12. The highest BCUT2D eigenvalue weighted by Crippen LogP contribution is 2.15. The van der Waals surface area contributed by atoms with E-state index in [0.29, 0.717) is 11.4 Å². The van der Waals surface area contributed by atoms with Crippen molar-refractivity contribution in [3.63, 3.8) is 0 Å². The maximum absolute atomic E-state index is 11.7. The van der Waals surface area contributed by atoms with Crippen LogP contribution in [0.3, 0.4) is 0 Å². The maximum atomic E-state index is 11.7. The van der Waals surface area contributed by atoms with Crippen LogP contribution in [0, 0.1) is 0 Å². The molecule has 1 aromatic carbocycles. The van der Waals surface area contributed by atoms with E-state index in [1.807, 2.05) is 19.1 Å². The van der Waals surface area contributed by atoms with E-state index in [4.69, 9.17) is 9.15 Å². The highest BCUT2D eigenvalue weighted by Gasteiger charge is 2.00. The molecule has 1 N–H and O–H groups in total. The monoisotopic (exact) mass is 271 g/mol. The minimum Gasteiger partial charge on any atom is -0.497 e. The molecule has 1 heterocycles. The summed E-state index contributed by atoms with van der Waals surface area (Å²) < 4.78 is 10.5. The standard InChI is InChI=1S/C16H17NO3/c1-3-13-8-9-15(20-13)10-11-16(18)17-12-4-6-14(19-2)7-5-12/h4-11H,3H2,1-2H3,(H,17,18). The molecule has 0 saturated carbocycles. The first-order valence-corrected chi connectivity index (χ1v) is 6.43. The summed E-state index contributed by atoms with van der Waals surface area (Å²) in [5.41, 5.74) is 0.717. The number of ether oxygens (including phenoxy) is 1. The third kappa shape index (κ3) is 3.75. The van der Waals surface area contributed by atoms with Crippen LogP contribution in [-0.4, -0.2) is 13.0 Å². The summed E-state index contributed by atoms with van der Waals surface area (Å²) in [7, 11) is 1.60. The molecule has 0 fully saturated rings. The quantitative estimate of drug-likeness (QED) is 0.847. The molecule has 0 radical (unpaired) electrons. The van der Waals surface area contributed by atoms with E-state index < -0.39 is 0 Å². The number of aryl methyl sites for hydroxylation is 1. The molecular formula is C16H17NO3. The lowest BCUT2D eigenvalue weighted by atomic mass is 10.3. The van der Waals surface area contributed by atoms with Gasteiger partial charge in [-0.15, -0.1) is 0 Å². The SMILES string of the molecule is CCc1ccc(C=CC(=O)Nc2ccc(OC)cc2)o1. The number of hydrogen-bond acceptors (Lipinski definition) is 3. The molecule has 1 amide bonds. The number of methoxy groups -OCH3 is 1. The second-order valence-electron chi connectivity index (χ2n) is 4.21. The van der Waals surface area contributed by atoms with Crippen molar-refractivity contribution >= 4 is 17.7 Å². The van der Waals surface area contributed by atoms with Gasteiger partial charge in [-0.25, -0.2) is 0 Å². The Kier molecular flexibility index (Phi) is 4.60.